The number of para-hydroxylation sites is 1. The summed E-state index contributed by atoms with van der Waals surface area (Å²) in [5.74, 6) is 1.06. The van der Waals surface area contributed by atoms with Gasteiger partial charge in [-0.05, 0) is 37.8 Å². The molecular formula is C19H27NO3. The van der Waals surface area contributed by atoms with Gasteiger partial charge in [0.15, 0.2) is 0 Å². The highest BCUT2D eigenvalue weighted by Gasteiger charge is 2.55. The third kappa shape index (κ3) is 2.77. The van der Waals surface area contributed by atoms with E-state index >= 15 is 0 Å². The molecule has 0 amide bonds. The SMILES string of the molecule is CCO[C@@H]1C[C@@H](NC[C@@H]2Cc3ccccc3O2)C12CCOCC2. The fourth-order valence-electron chi connectivity index (χ4n) is 4.53. The normalized spacial score (nSPS) is 31.4. The van der Waals surface area contributed by atoms with E-state index in [0.29, 0.717) is 12.1 Å². The van der Waals surface area contributed by atoms with E-state index in [1.165, 1.54) is 5.56 Å². The highest BCUT2D eigenvalue weighted by atomic mass is 16.5. The number of fused-ring (bicyclic) bond motifs is 1. The summed E-state index contributed by atoms with van der Waals surface area (Å²) < 4.78 is 17.6. The Balaban J connectivity index is 1.34. The Labute approximate surface area is 138 Å². The molecule has 1 saturated carbocycles. The Morgan fingerprint density at radius 2 is 2.09 bits per heavy atom. The molecule has 3 atom stereocenters. The van der Waals surface area contributed by atoms with Crippen LogP contribution in [0.4, 0.5) is 0 Å². The number of ether oxygens (including phenoxy) is 3. The lowest BCUT2D eigenvalue weighted by atomic mass is 9.57. The molecule has 1 aromatic carbocycles. The first-order chi connectivity index (χ1) is 11.3. The molecule has 23 heavy (non-hydrogen) atoms. The zero-order chi connectivity index (χ0) is 15.7. The van der Waals surface area contributed by atoms with Crippen LogP contribution in [-0.4, -0.2) is 44.6 Å². The summed E-state index contributed by atoms with van der Waals surface area (Å²) >= 11 is 0. The summed E-state index contributed by atoms with van der Waals surface area (Å²) in [5, 5.41) is 3.78. The molecule has 4 nitrogen and oxygen atoms in total. The minimum atomic E-state index is 0.260. The van der Waals surface area contributed by atoms with Crippen molar-refractivity contribution in [3.8, 4) is 5.75 Å². The van der Waals surface area contributed by atoms with Gasteiger partial charge < -0.3 is 19.5 Å². The van der Waals surface area contributed by atoms with E-state index < -0.39 is 0 Å². The van der Waals surface area contributed by atoms with E-state index in [2.05, 4.69) is 30.4 Å². The summed E-state index contributed by atoms with van der Waals surface area (Å²) in [7, 11) is 0. The van der Waals surface area contributed by atoms with Gasteiger partial charge in [0.2, 0.25) is 0 Å². The van der Waals surface area contributed by atoms with Crippen LogP contribution >= 0.6 is 0 Å². The van der Waals surface area contributed by atoms with Crippen LogP contribution in [0.15, 0.2) is 24.3 Å². The van der Waals surface area contributed by atoms with Crippen molar-refractivity contribution in [2.75, 3.05) is 26.4 Å². The van der Waals surface area contributed by atoms with Gasteiger partial charge in [-0.2, -0.15) is 0 Å². The summed E-state index contributed by atoms with van der Waals surface area (Å²) in [5.41, 5.74) is 1.61. The van der Waals surface area contributed by atoms with E-state index in [9.17, 15) is 0 Å². The molecule has 1 N–H and O–H groups in total. The van der Waals surface area contributed by atoms with Crippen LogP contribution in [0.3, 0.4) is 0 Å². The number of hydrogen-bond donors (Lipinski definition) is 1. The monoisotopic (exact) mass is 317 g/mol. The van der Waals surface area contributed by atoms with Crippen molar-refractivity contribution in [1.29, 1.82) is 0 Å². The predicted molar refractivity (Wildman–Crippen MR) is 88.9 cm³/mol. The average Bonchev–Trinajstić information content (AvgIpc) is 3.01. The van der Waals surface area contributed by atoms with Crippen LogP contribution in [0.1, 0.15) is 31.7 Å². The summed E-state index contributed by atoms with van der Waals surface area (Å²) in [6.45, 7) is 5.56. The van der Waals surface area contributed by atoms with Crippen molar-refractivity contribution in [3.63, 3.8) is 0 Å². The lowest BCUT2D eigenvalue weighted by Gasteiger charge is -2.57. The lowest BCUT2D eigenvalue weighted by molar-refractivity contribution is -0.173. The molecule has 4 rings (SSSR count). The molecule has 0 radical (unpaired) electrons. The van der Waals surface area contributed by atoms with Crippen molar-refractivity contribution >= 4 is 0 Å². The second-order valence-electron chi connectivity index (χ2n) is 7.04. The third-order valence-electron chi connectivity index (χ3n) is 5.88. The third-order valence-corrected chi connectivity index (χ3v) is 5.88. The molecular weight excluding hydrogens is 290 g/mol. The smallest absolute Gasteiger partial charge is 0.123 e. The minimum Gasteiger partial charge on any atom is -0.488 e. The van der Waals surface area contributed by atoms with Gasteiger partial charge in [0, 0.05) is 44.2 Å². The predicted octanol–water partition coefficient (Wildman–Crippen LogP) is 2.55. The molecule has 2 fully saturated rings. The Hall–Kier alpha value is -1.10. The maximum atomic E-state index is 6.06. The summed E-state index contributed by atoms with van der Waals surface area (Å²) in [6, 6.07) is 8.92. The first-order valence-corrected chi connectivity index (χ1v) is 8.99. The lowest BCUT2D eigenvalue weighted by Crippen LogP contribution is -2.66. The molecule has 126 valence electrons. The van der Waals surface area contributed by atoms with Crippen molar-refractivity contribution < 1.29 is 14.2 Å². The quantitative estimate of drug-likeness (QED) is 0.906. The second-order valence-corrected chi connectivity index (χ2v) is 7.04. The highest BCUT2D eigenvalue weighted by Crippen LogP contribution is 2.50. The van der Waals surface area contributed by atoms with Gasteiger partial charge >= 0.3 is 0 Å². The number of nitrogens with one attached hydrogen (secondary N) is 1. The van der Waals surface area contributed by atoms with Crippen molar-refractivity contribution in [2.24, 2.45) is 5.41 Å². The van der Waals surface area contributed by atoms with E-state index in [1.54, 1.807) is 0 Å². The first-order valence-electron chi connectivity index (χ1n) is 8.99. The molecule has 0 bridgehead atoms. The van der Waals surface area contributed by atoms with E-state index in [4.69, 9.17) is 14.2 Å². The Morgan fingerprint density at radius 3 is 2.87 bits per heavy atom. The van der Waals surface area contributed by atoms with Gasteiger partial charge in [-0.25, -0.2) is 0 Å². The molecule has 1 aliphatic carbocycles. The zero-order valence-corrected chi connectivity index (χ0v) is 13.9. The fourth-order valence-corrected chi connectivity index (χ4v) is 4.53. The largest absolute Gasteiger partial charge is 0.488 e. The van der Waals surface area contributed by atoms with Crippen LogP contribution in [0.2, 0.25) is 0 Å². The summed E-state index contributed by atoms with van der Waals surface area (Å²) in [4.78, 5) is 0. The van der Waals surface area contributed by atoms with Crippen LogP contribution in [0, 0.1) is 5.41 Å². The van der Waals surface area contributed by atoms with Gasteiger partial charge in [-0.1, -0.05) is 18.2 Å². The van der Waals surface area contributed by atoms with Gasteiger partial charge in [0.1, 0.15) is 11.9 Å². The maximum absolute atomic E-state index is 6.06. The Kier molecular flexibility index (Phi) is 4.31. The molecule has 2 aliphatic heterocycles. The van der Waals surface area contributed by atoms with Crippen molar-refractivity contribution in [3.05, 3.63) is 29.8 Å². The first kappa shape index (κ1) is 15.4. The molecule has 2 heterocycles. The average molecular weight is 317 g/mol. The zero-order valence-electron chi connectivity index (χ0n) is 13.9. The van der Waals surface area contributed by atoms with E-state index in [-0.39, 0.29) is 11.5 Å². The Morgan fingerprint density at radius 1 is 1.26 bits per heavy atom. The van der Waals surface area contributed by atoms with Gasteiger partial charge in [0.25, 0.3) is 0 Å². The van der Waals surface area contributed by atoms with Gasteiger partial charge in [-0.15, -0.1) is 0 Å². The topological polar surface area (TPSA) is 39.7 Å². The molecule has 3 aliphatic rings. The van der Waals surface area contributed by atoms with E-state index in [0.717, 1.165) is 57.8 Å². The van der Waals surface area contributed by atoms with Crippen LogP contribution < -0.4 is 10.1 Å². The molecule has 4 heteroatoms. The molecule has 1 aromatic rings. The van der Waals surface area contributed by atoms with Crippen LogP contribution in [-0.2, 0) is 15.9 Å². The number of hydrogen-bond acceptors (Lipinski definition) is 4. The van der Waals surface area contributed by atoms with E-state index in [1.807, 2.05) is 6.07 Å². The molecule has 1 saturated heterocycles. The summed E-state index contributed by atoms with van der Waals surface area (Å²) in [6.07, 6.45) is 5.02. The fraction of sp³-hybridized carbons (Fsp3) is 0.684. The van der Waals surface area contributed by atoms with Crippen molar-refractivity contribution in [1.82, 2.24) is 5.32 Å². The van der Waals surface area contributed by atoms with Crippen LogP contribution in [0.25, 0.3) is 0 Å². The standard InChI is InChI=1S/C19H27NO3/c1-2-22-18-12-17(19(18)7-9-21-10-8-19)20-13-15-11-14-5-3-4-6-16(14)23-15/h3-6,15,17-18,20H,2,7-13H2,1H3/t15-,17+,18+/m0/s1. The van der Waals surface area contributed by atoms with Crippen molar-refractivity contribution in [2.45, 2.75) is 50.9 Å². The molecule has 1 spiro atoms. The highest BCUT2D eigenvalue weighted by molar-refractivity contribution is 5.37. The maximum Gasteiger partial charge on any atom is 0.123 e. The molecule has 0 unspecified atom stereocenters. The minimum absolute atomic E-state index is 0.260. The second kappa shape index (κ2) is 6.42. The van der Waals surface area contributed by atoms with Gasteiger partial charge in [-0.3, -0.25) is 0 Å². The molecule has 0 aromatic heterocycles. The Bertz CT molecular complexity index is 516. The van der Waals surface area contributed by atoms with Gasteiger partial charge in [0.05, 0.1) is 6.10 Å². The number of benzene rings is 1. The number of rotatable bonds is 5. The van der Waals surface area contributed by atoms with Crippen LogP contribution in [0.5, 0.6) is 5.75 Å².